The molecule has 0 aliphatic carbocycles. The van der Waals surface area contributed by atoms with Crippen LogP contribution >= 0.6 is 0 Å². The Balaban J connectivity index is 1.45. The number of aromatic nitrogens is 2. The molecular weight excluding hydrogens is 458 g/mol. The summed E-state index contributed by atoms with van der Waals surface area (Å²) >= 11 is 0. The van der Waals surface area contributed by atoms with Crippen molar-refractivity contribution in [2.75, 3.05) is 35.9 Å². The van der Waals surface area contributed by atoms with Gasteiger partial charge < -0.3 is 5.32 Å². The summed E-state index contributed by atoms with van der Waals surface area (Å²) in [5.41, 5.74) is 3.48. The Bertz CT molecular complexity index is 1400. The van der Waals surface area contributed by atoms with Crippen LogP contribution in [0.5, 0.6) is 0 Å². The Morgan fingerprint density at radius 3 is 2.29 bits per heavy atom. The van der Waals surface area contributed by atoms with E-state index >= 15 is 0 Å². The standard InChI is InChI=1S/C27H29N5O2S/c1-35(33,34)31-22-15-13-21(14-16-22)26-29-24-12-6-5-11-23(24)27(30-26)28-19-25(32-17-7-8-18-32)20-9-3-2-4-10-20/h2-6,9-16,25,31H,7-8,17-19H2,1H3,(H,28,29,30). The molecule has 0 amide bonds. The number of nitrogens with one attached hydrogen (secondary N) is 2. The number of para-hydroxylation sites is 1. The number of nitrogens with zero attached hydrogens (tertiary/aromatic N) is 3. The molecule has 1 fully saturated rings. The van der Waals surface area contributed by atoms with Crippen LogP contribution in [0.25, 0.3) is 22.3 Å². The summed E-state index contributed by atoms with van der Waals surface area (Å²) in [6.07, 6.45) is 3.60. The Morgan fingerprint density at radius 2 is 1.57 bits per heavy atom. The number of fused-ring (bicyclic) bond motifs is 1. The van der Waals surface area contributed by atoms with Crippen molar-refractivity contribution in [2.24, 2.45) is 0 Å². The fourth-order valence-electron chi connectivity index (χ4n) is 4.62. The first-order valence-corrected chi connectivity index (χ1v) is 13.7. The zero-order chi connectivity index (χ0) is 24.3. The molecule has 0 radical (unpaired) electrons. The van der Waals surface area contributed by atoms with Gasteiger partial charge in [0.2, 0.25) is 10.0 Å². The molecule has 1 saturated heterocycles. The fourth-order valence-corrected chi connectivity index (χ4v) is 5.19. The van der Waals surface area contributed by atoms with Crippen LogP contribution < -0.4 is 10.0 Å². The highest BCUT2D eigenvalue weighted by molar-refractivity contribution is 7.92. The van der Waals surface area contributed by atoms with Crippen molar-refractivity contribution in [1.29, 1.82) is 0 Å². The van der Waals surface area contributed by atoms with Crippen LogP contribution in [0.1, 0.15) is 24.4 Å². The maximum absolute atomic E-state index is 11.5. The number of anilines is 2. The lowest BCUT2D eigenvalue weighted by Crippen LogP contribution is -2.31. The maximum Gasteiger partial charge on any atom is 0.229 e. The Morgan fingerprint density at radius 1 is 0.886 bits per heavy atom. The number of benzene rings is 3. The maximum atomic E-state index is 11.5. The van der Waals surface area contributed by atoms with Gasteiger partial charge in [0.15, 0.2) is 5.82 Å². The Hall–Kier alpha value is -3.49. The van der Waals surface area contributed by atoms with Crippen LogP contribution in [-0.2, 0) is 10.0 Å². The predicted octanol–water partition coefficient (Wildman–Crippen LogP) is 4.92. The molecule has 1 aliphatic rings. The normalized spacial score (nSPS) is 15.2. The lowest BCUT2D eigenvalue weighted by atomic mass is 10.1. The molecule has 0 saturated carbocycles. The molecule has 5 rings (SSSR count). The third kappa shape index (κ3) is 5.61. The molecule has 4 aromatic rings. The first kappa shape index (κ1) is 23.3. The van der Waals surface area contributed by atoms with E-state index in [0.29, 0.717) is 11.5 Å². The summed E-state index contributed by atoms with van der Waals surface area (Å²) in [4.78, 5) is 12.2. The quantitative estimate of drug-likeness (QED) is 0.367. The van der Waals surface area contributed by atoms with Gasteiger partial charge in [-0.2, -0.15) is 0 Å². The molecule has 1 atom stereocenters. The third-order valence-corrected chi connectivity index (χ3v) is 6.88. The molecule has 0 spiro atoms. The van der Waals surface area contributed by atoms with Gasteiger partial charge in [-0.1, -0.05) is 42.5 Å². The SMILES string of the molecule is CS(=O)(=O)Nc1ccc(-c2nc(NCC(c3ccccc3)N3CCCC3)c3ccccc3n2)cc1. The molecule has 1 unspecified atom stereocenters. The molecule has 2 N–H and O–H groups in total. The van der Waals surface area contributed by atoms with E-state index in [-0.39, 0.29) is 6.04 Å². The van der Waals surface area contributed by atoms with E-state index in [9.17, 15) is 8.42 Å². The van der Waals surface area contributed by atoms with Gasteiger partial charge in [0.1, 0.15) is 5.82 Å². The van der Waals surface area contributed by atoms with E-state index < -0.39 is 10.0 Å². The minimum absolute atomic E-state index is 0.261. The number of hydrogen-bond acceptors (Lipinski definition) is 6. The number of likely N-dealkylation sites (tertiary alicyclic amines) is 1. The van der Waals surface area contributed by atoms with Gasteiger partial charge in [0, 0.05) is 23.2 Å². The van der Waals surface area contributed by atoms with Crippen molar-refractivity contribution in [3.63, 3.8) is 0 Å². The average Bonchev–Trinajstić information content (AvgIpc) is 3.39. The van der Waals surface area contributed by atoms with Crippen molar-refractivity contribution in [3.8, 4) is 11.4 Å². The molecule has 1 aromatic heterocycles. The smallest absolute Gasteiger partial charge is 0.229 e. The predicted molar refractivity (Wildman–Crippen MR) is 142 cm³/mol. The van der Waals surface area contributed by atoms with E-state index in [1.54, 1.807) is 12.1 Å². The Labute approximate surface area is 206 Å². The van der Waals surface area contributed by atoms with Gasteiger partial charge in [-0.25, -0.2) is 18.4 Å². The van der Waals surface area contributed by atoms with E-state index in [2.05, 4.69) is 45.3 Å². The van der Waals surface area contributed by atoms with Gasteiger partial charge in [-0.05, 0) is 67.9 Å². The van der Waals surface area contributed by atoms with Gasteiger partial charge in [0.05, 0.1) is 17.8 Å². The van der Waals surface area contributed by atoms with Gasteiger partial charge in [-0.3, -0.25) is 9.62 Å². The van der Waals surface area contributed by atoms with Crippen LogP contribution in [0, 0.1) is 0 Å². The second-order valence-corrected chi connectivity index (χ2v) is 10.7. The van der Waals surface area contributed by atoms with E-state index in [4.69, 9.17) is 9.97 Å². The van der Waals surface area contributed by atoms with E-state index in [1.807, 2.05) is 36.4 Å². The van der Waals surface area contributed by atoms with Crippen molar-refractivity contribution in [3.05, 3.63) is 84.4 Å². The van der Waals surface area contributed by atoms with Gasteiger partial charge >= 0.3 is 0 Å². The Kier molecular flexibility index (Phi) is 6.66. The molecule has 2 heterocycles. The van der Waals surface area contributed by atoms with Crippen LogP contribution in [-0.4, -0.2) is 49.2 Å². The van der Waals surface area contributed by atoms with Gasteiger partial charge in [-0.15, -0.1) is 0 Å². The van der Waals surface area contributed by atoms with Crippen molar-refractivity contribution >= 4 is 32.4 Å². The first-order valence-electron chi connectivity index (χ1n) is 11.8. The molecule has 7 nitrogen and oxygen atoms in total. The number of rotatable bonds is 8. The fraction of sp³-hybridized carbons (Fsp3) is 0.259. The topological polar surface area (TPSA) is 87.2 Å². The second-order valence-electron chi connectivity index (χ2n) is 8.92. The summed E-state index contributed by atoms with van der Waals surface area (Å²) in [7, 11) is -3.33. The van der Waals surface area contributed by atoms with Gasteiger partial charge in [0.25, 0.3) is 0 Å². The van der Waals surface area contributed by atoms with Crippen molar-refractivity contribution in [2.45, 2.75) is 18.9 Å². The molecule has 3 aromatic carbocycles. The highest BCUT2D eigenvalue weighted by Gasteiger charge is 2.23. The second kappa shape index (κ2) is 10.0. The van der Waals surface area contributed by atoms with E-state index in [1.165, 1.54) is 18.4 Å². The number of sulfonamides is 1. The largest absolute Gasteiger partial charge is 0.368 e. The molecular formula is C27H29N5O2S. The summed E-state index contributed by atoms with van der Waals surface area (Å²) in [6, 6.07) is 26.0. The summed E-state index contributed by atoms with van der Waals surface area (Å²) < 4.78 is 25.5. The molecule has 8 heteroatoms. The van der Waals surface area contributed by atoms with Crippen molar-refractivity contribution in [1.82, 2.24) is 14.9 Å². The molecule has 0 bridgehead atoms. The first-order chi connectivity index (χ1) is 17.0. The third-order valence-electron chi connectivity index (χ3n) is 6.28. The minimum atomic E-state index is -3.33. The summed E-state index contributed by atoms with van der Waals surface area (Å²) in [5.74, 6) is 1.39. The molecule has 1 aliphatic heterocycles. The zero-order valence-corrected chi connectivity index (χ0v) is 20.5. The highest BCUT2D eigenvalue weighted by atomic mass is 32.2. The lowest BCUT2D eigenvalue weighted by Gasteiger charge is -2.28. The van der Waals surface area contributed by atoms with E-state index in [0.717, 1.165) is 48.2 Å². The van der Waals surface area contributed by atoms with Crippen LogP contribution in [0.4, 0.5) is 11.5 Å². The van der Waals surface area contributed by atoms with Crippen LogP contribution in [0.3, 0.4) is 0 Å². The summed E-state index contributed by atoms with van der Waals surface area (Å²) in [6.45, 7) is 2.94. The number of hydrogen-bond donors (Lipinski definition) is 2. The zero-order valence-electron chi connectivity index (χ0n) is 19.7. The molecule has 180 valence electrons. The highest BCUT2D eigenvalue weighted by Crippen LogP contribution is 2.29. The summed E-state index contributed by atoms with van der Waals surface area (Å²) in [5, 5.41) is 4.60. The molecule has 35 heavy (non-hydrogen) atoms. The monoisotopic (exact) mass is 487 g/mol. The average molecular weight is 488 g/mol. The van der Waals surface area contributed by atoms with Crippen LogP contribution in [0.2, 0.25) is 0 Å². The van der Waals surface area contributed by atoms with Crippen molar-refractivity contribution < 1.29 is 8.42 Å². The minimum Gasteiger partial charge on any atom is -0.368 e. The van der Waals surface area contributed by atoms with Crippen LogP contribution in [0.15, 0.2) is 78.9 Å². The lowest BCUT2D eigenvalue weighted by molar-refractivity contribution is 0.256.